The molecule has 0 aliphatic heterocycles. The van der Waals surface area contributed by atoms with Crippen molar-refractivity contribution < 1.29 is 36.9 Å². The Balaban J connectivity index is 1.77. The van der Waals surface area contributed by atoms with Crippen molar-refractivity contribution >= 4 is 17.3 Å². The fourth-order valence-corrected chi connectivity index (χ4v) is 3.78. The third kappa shape index (κ3) is 5.62. The van der Waals surface area contributed by atoms with Crippen LogP contribution in [0.1, 0.15) is 35.5 Å². The summed E-state index contributed by atoms with van der Waals surface area (Å²) in [6.45, 7) is 6.48. The third-order valence-electron chi connectivity index (χ3n) is 4.82. The van der Waals surface area contributed by atoms with Crippen LogP contribution in [-0.2, 0) is 17.6 Å². The van der Waals surface area contributed by atoms with Crippen molar-refractivity contribution in [3.63, 3.8) is 0 Å². The minimum atomic E-state index is -4.77. The largest absolute Gasteiger partial charge is 0.488 e. The summed E-state index contributed by atoms with van der Waals surface area (Å²) < 4.78 is 63.7. The molecule has 0 saturated carbocycles. The van der Waals surface area contributed by atoms with Crippen LogP contribution in [0, 0.1) is 19.7 Å². The number of aromatic nitrogens is 1. The minimum Gasteiger partial charge on any atom is -0.488 e. The molecule has 1 aromatic heterocycles. The summed E-state index contributed by atoms with van der Waals surface area (Å²) in [7, 11) is 0. The Kier molecular flexibility index (Phi) is 6.69. The van der Waals surface area contributed by atoms with Gasteiger partial charge in [-0.3, -0.25) is 0 Å². The standard InChI is InChI=1S/C23H21F4NO4S/c1-12-5-7-15(10-18(12)32-22(3,4)21(29)30)31-11-19-13(2)28-20(33-19)14-6-8-16(17(24)9-14)23(25,26)27/h5-10H,11H2,1-4H3,(H,29,30). The van der Waals surface area contributed by atoms with Crippen LogP contribution in [0.5, 0.6) is 11.5 Å². The highest BCUT2D eigenvalue weighted by atomic mass is 32.1. The minimum absolute atomic E-state index is 0.109. The first kappa shape index (κ1) is 24.5. The first-order valence-corrected chi connectivity index (χ1v) is 10.6. The van der Waals surface area contributed by atoms with E-state index in [1.165, 1.54) is 31.3 Å². The molecule has 0 aliphatic rings. The van der Waals surface area contributed by atoms with E-state index in [0.717, 1.165) is 11.6 Å². The maximum absolute atomic E-state index is 13.9. The number of thiazole rings is 1. The van der Waals surface area contributed by atoms with Gasteiger partial charge in [0.1, 0.15) is 28.9 Å². The second-order valence-electron chi connectivity index (χ2n) is 7.85. The van der Waals surface area contributed by atoms with E-state index < -0.39 is 29.1 Å². The maximum Gasteiger partial charge on any atom is 0.419 e. The fraction of sp³-hybridized carbons (Fsp3) is 0.304. The predicted octanol–water partition coefficient (Wildman–Crippen LogP) is 6.41. The Morgan fingerprint density at radius 2 is 1.82 bits per heavy atom. The van der Waals surface area contributed by atoms with E-state index in [9.17, 15) is 27.5 Å². The molecule has 10 heteroatoms. The van der Waals surface area contributed by atoms with Crippen LogP contribution in [0.4, 0.5) is 17.6 Å². The zero-order chi connectivity index (χ0) is 24.6. The highest BCUT2D eigenvalue weighted by molar-refractivity contribution is 7.15. The van der Waals surface area contributed by atoms with Crippen LogP contribution < -0.4 is 9.47 Å². The summed E-state index contributed by atoms with van der Waals surface area (Å²) in [5, 5.41) is 9.64. The summed E-state index contributed by atoms with van der Waals surface area (Å²) in [6.07, 6.45) is -4.77. The summed E-state index contributed by atoms with van der Waals surface area (Å²) in [6, 6.07) is 7.73. The zero-order valence-corrected chi connectivity index (χ0v) is 19.0. The van der Waals surface area contributed by atoms with Crippen molar-refractivity contribution in [1.82, 2.24) is 4.98 Å². The van der Waals surface area contributed by atoms with Crippen molar-refractivity contribution in [1.29, 1.82) is 0 Å². The number of halogens is 4. The van der Waals surface area contributed by atoms with Crippen LogP contribution in [-0.4, -0.2) is 21.7 Å². The number of ether oxygens (including phenoxy) is 2. The van der Waals surface area contributed by atoms with E-state index in [1.807, 2.05) is 0 Å². The van der Waals surface area contributed by atoms with Gasteiger partial charge in [-0.15, -0.1) is 11.3 Å². The number of carboxylic acids is 1. The number of hydrogen-bond acceptors (Lipinski definition) is 5. The van der Waals surface area contributed by atoms with Crippen LogP contribution in [0.2, 0.25) is 0 Å². The average Bonchev–Trinajstić information content (AvgIpc) is 3.08. The number of alkyl halides is 3. The quantitative estimate of drug-likeness (QED) is 0.394. The third-order valence-corrected chi connectivity index (χ3v) is 6.00. The van der Waals surface area contributed by atoms with E-state index in [1.54, 1.807) is 32.0 Å². The number of benzene rings is 2. The van der Waals surface area contributed by atoms with Crippen molar-refractivity contribution in [3.8, 4) is 22.1 Å². The average molecular weight is 483 g/mol. The SMILES string of the molecule is Cc1ccc(OCc2sc(-c3ccc(C(F)(F)F)c(F)c3)nc2C)cc1OC(C)(C)C(=O)O. The van der Waals surface area contributed by atoms with Gasteiger partial charge in [-0.05, 0) is 51.5 Å². The lowest BCUT2D eigenvalue weighted by atomic mass is 10.1. The monoisotopic (exact) mass is 483 g/mol. The van der Waals surface area contributed by atoms with Crippen molar-refractivity contribution in [2.75, 3.05) is 0 Å². The molecular weight excluding hydrogens is 462 g/mol. The predicted molar refractivity (Wildman–Crippen MR) is 115 cm³/mol. The topological polar surface area (TPSA) is 68.7 Å². The first-order valence-electron chi connectivity index (χ1n) is 9.77. The molecule has 0 amide bonds. The lowest BCUT2D eigenvalue weighted by Gasteiger charge is -2.23. The Morgan fingerprint density at radius 3 is 2.42 bits per heavy atom. The molecule has 1 heterocycles. The molecular formula is C23H21F4NO4S. The summed E-state index contributed by atoms with van der Waals surface area (Å²) in [5.74, 6) is -1.67. The van der Waals surface area contributed by atoms with Gasteiger partial charge < -0.3 is 14.6 Å². The molecule has 0 aliphatic carbocycles. The van der Waals surface area contributed by atoms with Crippen LogP contribution in [0.25, 0.3) is 10.6 Å². The smallest absolute Gasteiger partial charge is 0.419 e. The number of rotatable bonds is 7. The molecule has 0 radical (unpaired) electrons. The Labute approximate surface area is 191 Å². The van der Waals surface area contributed by atoms with E-state index in [4.69, 9.17) is 9.47 Å². The zero-order valence-electron chi connectivity index (χ0n) is 18.2. The van der Waals surface area contributed by atoms with Crippen molar-refractivity contribution in [2.24, 2.45) is 0 Å². The van der Waals surface area contributed by atoms with Gasteiger partial charge in [-0.2, -0.15) is 13.2 Å². The molecule has 176 valence electrons. The van der Waals surface area contributed by atoms with Crippen LogP contribution >= 0.6 is 11.3 Å². The molecule has 0 unspecified atom stereocenters. The van der Waals surface area contributed by atoms with Gasteiger partial charge in [-0.1, -0.05) is 12.1 Å². The van der Waals surface area contributed by atoms with Gasteiger partial charge in [-0.25, -0.2) is 14.2 Å². The lowest BCUT2D eigenvalue weighted by Crippen LogP contribution is -2.38. The Hall–Kier alpha value is -3.14. The number of hydrogen-bond donors (Lipinski definition) is 1. The van der Waals surface area contributed by atoms with E-state index >= 15 is 0 Å². The van der Waals surface area contributed by atoms with Crippen LogP contribution in [0.15, 0.2) is 36.4 Å². The highest BCUT2D eigenvalue weighted by Gasteiger charge is 2.34. The molecule has 3 aromatic rings. The molecule has 1 N–H and O–H groups in total. The Bertz CT molecular complexity index is 1190. The van der Waals surface area contributed by atoms with Gasteiger partial charge >= 0.3 is 12.1 Å². The van der Waals surface area contributed by atoms with Gasteiger partial charge in [0.2, 0.25) is 0 Å². The number of carboxylic acid groups (broad SMARTS) is 1. The number of carbonyl (C=O) groups is 1. The molecule has 0 bridgehead atoms. The second-order valence-corrected chi connectivity index (χ2v) is 8.94. The molecule has 3 rings (SSSR count). The summed E-state index contributed by atoms with van der Waals surface area (Å²) >= 11 is 1.18. The fourth-order valence-electron chi connectivity index (χ4n) is 2.81. The van der Waals surface area contributed by atoms with Crippen molar-refractivity contribution in [3.05, 3.63) is 63.9 Å². The van der Waals surface area contributed by atoms with Crippen LogP contribution in [0.3, 0.4) is 0 Å². The first-order chi connectivity index (χ1) is 15.3. The molecule has 0 fully saturated rings. The molecule has 0 saturated heterocycles. The number of aryl methyl sites for hydroxylation is 2. The second kappa shape index (κ2) is 9.01. The van der Waals surface area contributed by atoms with Gasteiger partial charge in [0.05, 0.1) is 16.1 Å². The van der Waals surface area contributed by atoms with Gasteiger partial charge in [0.25, 0.3) is 0 Å². The molecule has 5 nitrogen and oxygen atoms in total. The molecule has 0 atom stereocenters. The number of aliphatic carboxylic acids is 1. The molecule has 33 heavy (non-hydrogen) atoms. The van der Waals surface area contributed by atoms with E-state index in [0.29, 0.717) is 33.1 Å². The highest BCUT2D eigenvalue weighted by Crippen LogP contribution is 2.35. The van der Waals surface area contributed by atoms with Crippen molar-refractivity contribution in [2.45, 2.75) is 46.1 Å². The maximum atomic E-state index is 13.9. The lowest BCUT2D eigenvalue weighted by molar-refractivity contribution is -0.152. The Morgan fingerprint density at radius 1 is 1.12 bits per heavy atom. The number of nitrogens with zero attached hydrogens (tertiary/aromatic N) is 1. The summed E-state index contributed by atoms with van der Waals surface area (Å²) in [4.78, 5) is 16.4. The molecule has 0 spiro atoms. The van der Waals surface area contributed by atoms with Gasteiger partial charge in [0, 0.05) is 11.6 Å². The van der Waals surface area contributed by atoms with E-state index in [-0.39, 0.29) is 12.2 Å². The summed E-state index contributed by atoms with van der Waals surface area (Å²) in [5.41, 5.74) is -1.18. The van der Waals surface area contributed by atoms with Gasteiger partial charge in [0.15, 0.2) is 5.60 Å². The molecule has 2 aromatic carbocycles. The van der Waals surface area contributed by atoms with E-state index in [2.05, 4.69) is 4.98 Å². The normalized spacial score (nSPS) is 12.0.